The van der Waals surface area contributed by atoms with Gasteiger partial charge in [0.05, 0.1) is 6.61 Å². The Morgan fingerprint density at radius 3 is 1.61 bits per heavy atom. The van der Waals surface area contributed by atoms with E-state index >= 15 is 0 Å². The molecule has 0 aliphatic rings. The molecule has 5 nitrogen and oxygen atoms in total. The molecule has 172 valence electrons. The molecule has 0 aliphatic carbocycles. The minimum Gasteiger partial charge on any atom is -0.494 e. The van der Waals surface area contributed by atoms with Gasteiger partial charge in [-0.05, 0) is 78.1 Å². The van der Waals surface area contributed by atoms with E-state index in [1.54, 1.807) is 48.5 Å². The van der Waals surface area contributed by atoms with Crippen molar-refractivity contribution in [2.45, 2.75) is 46.0 Å². The zero-order valence-electron chi connectivity index (χ0n) is 19.8. The van der Waals surface area contributed by atoms with E-state index in [9.17, 15) is 9.59 Å². The fourth-order valence-corrected chi connectivity index (χ4v) is 3.20. The van der Waals surface area contributed by atoms with E-state index in [1.165, 1.54) is 5.56 Å². The van der Waals surface area contributed by atoms with E-state index in [1.807, 2.05) is 24.3 Å². The molecule has 0 heterocycles. The molecule has 33 heavy (non-hydrogen) atoms. The highest BCUT2D eigenvalue weighted by atomic mass is 16.5. The van der Waals surface area contributed by atoms with Crippen molar-refractivity contribution in [1.29, 1.82) is 0 Å². The minimum atomic E-state index is -0.203. The van der Waals surface area contributed by atoms with Gasteiger partial charge < -0.3 is 15.4 Å². The van der Waals surface area contributed by atoms with Gasteiger partial charge in [-0.2, -0.15) is 0 Å². The van der Waals surface area contributed by atoms with Crippen molar-refractivity contribution in [2.24, 2.45) is 0 Å². The van der Waals surface area contributed by atoms with Crippen molar-refractivity contribution in [3.63, 3.8) is 0 Å². The molecule has 0 unspecified atom stereocenters. The van der Waals surface area contributed by atoms with Crippen LogP contribution in [0.1, 0.15) is 66.8 Å². The second-order valence-electron chi connectivity index (χ2n) is 9.04. The number of rotatable bonds is 8. The van der Waals surface area contributed by atoms with Gasteiger partial charge in [0, 0.05) is 22.5 Å². The van der Waals surface area contributed by atoms with Crippen LogP contribution in [0.5, 0.6) is 5.75 Å². The van der Waals surface area contributed by atoms with Crippen LogP contribution >= 0.6 is 0 Å². The largest absolute Gasteiger partial charge is 0.494 e. The van der Waals surface area contributed by atoms with Crippen molar-refractivity contribution in [3.8, 4) is 5.75 Å². The first-order chi connectivity index (χ1) is 15.8. The summed E-state index contributed by atoms with van der Waals surface area (Å²) in [6.07, 6.45) is 2.08. The SMILES string of the molecule is CCCCOc1ccc(C(=O)Nc2ccc(NC(=O)c3ccc(C(C)(C)C)cc3)cc2)cc1. The van der Waals surface area contributed by atoms with Crippen molar-refractivity contribution in [2.75, 3.05) is 17.2 Å². The van der Waals surface area contributed by atoms with Gasteiger partial charge in [0.1, 0.15) is 5.75 Å². The highest BCUT2D eigenvalue weighted by Crippen LogP contribution is 2.23. The Morgan fingerprint density at radius 1 is 0.727 bits per heavy atom. The maximum Gasteiger partial charge on any atom is 0.255 e. The maximum atomic E-state index is 12.5. The summed E-state index contributed by atoms with van der Waals surface area (Å²) in [5, 5.41) is 5.76. The number of hydrogen-bond acceptors (Lipinski definition) is 3. The predicted octanol–water partition coefficient (Wildman–Crippen LogP) is 6.67. The fraction of sp³-hybridized carbons (Fsp3) is 0.286. The molecule has 0 saturated heterocycles. The van der Waals surface area contributed by atoms with E-state index in [0.29, 0.717) is 29.1 Å². The Labute approximate surface area is 196 Å². The highest BCUT2D eigenvalue weighted by Gasteiger charge is 2.14. The Hall–Kier alpha value is -3.60. The number of benzene rings is 3. The molecule has 0 fully saturated rings. The third kappa shape index (κ3) is 6.94. The number of carbonyl (C=O) groups is 2. The molecule has 0 bridgehead atoms. The molecular weight excluding hydrogens is 412 g/mol. The van der Waals surface area contributed by atoms with Crippen LogP contribution in [0.3, 0.4) is 0 Å². The molecule has 0 aromatic heterocycles. The number of anilines is 2. The van der Waals surface area contributed by atoms with Gasteiger partial charge >= 0.3 is 0 Å². The number of carbonyl (C=O) groups excluding carboxylic acids is 2. The van der Waals surface area contributed by atoms with Crippen molar-refractivity contribution in [1.82, 2.24) is 0 Å². The summed E-state index contributed by atoms with van der Waals surface area (Å²) in [5.41, 5.74) is 3.68. The van der Waals surface area contributed by atoms with E-state index in [4.69, 9.17) is 4.74 Å². The first-order valence-electron chi connectivity index (χ1n) is 11.3. The van der Waals surface area contributed by atoms with Crippen LogP contribution in [0.15, 0.2) is 72.8 Å². The Bertz CT molecular complexity index is 1060. The zero-order chi connectivity index (χ0) is 23.8. The molecule has 3 aromatic carbocycles. The lowest BCUT2D eigenvalue weighted by Gasteiger charge is -2.19. The lowest BCUT2D eigenvalue weighted by molar-refractivity contribution is 0.101. The van der Waals surface area contributed by atoms with E-state index in [2.05, 4.69) is 38.3 Å². The monoisotopic (exact) mass is 444 g/mol. The van der Waals surface area contributed by atoms with Gasteiger partial charge in [-0.15, -0.1) is 0 Å². The topological polar surface area (TPSA) is 67.4 Å². The molecule has 0 spiro atoms. The van der Waals surface area contributed by atoms with Gasteiger partial charge in [0.15, 0.2) is 0 Å². The average Bonchev–Trinajstić information content (AvgIpc) is 2.80. The molecule has 3 rings (SSSR count). The van der Waals surface area contributed by atoms with Gasteiger partial charge in [-0.25, -0.2) is 0 Å². The standard InChI is InChI=1S/C28H32N2O3/c1-5-6-19-33-25-17-9-21(10-18-25)27(32)30-24-15-13-23(14-16-24)29-26(31)20-7-11-22(12-8-20)28(2,3)4/h7-18H,5-6,19H2,1-4H3,(H,29,31)(H,30,32). The number of amides is 2. The van der Waals surface area contributed by atoms with Crippen LogP contribution in [0.4, 0.5) is 11.4 Å². The summed E-state index contributed by atoms with van der Waals surface area (Å²) in [6, 6.07) is 21.8. The lowest BCUT2D eigenvalue weighted by atomic mass is 9.87. The maximum absolute atomic E-state index is 12.5. The smallest absolute Gasteiger partial charge is 0.255 e. The number of hydrogen-bond donors (Lipinski definition) is 2. The second-order valence-corrected chi connectivity index (χ2v) is 9.04. The number of ether oxygens (including phenoxy) is 1. The van der Waals surface area contributed by atoms with Crippen LogP contribution in [-0.4, -0.2) is 18.4 Å². The summed E-state index contributed by atoms with van der Waals surface area (Å²) >= 11 is 0. The Kier molecular flexibility index (Phi) is 7.88. The lowest BCUT2D eigenvalue weighted by Crippen LogP contribution is -2.14. The van der Waals surface area contributed by atoms with Crippen LogP contribution in [0.25, 0.3) is 0 Å². The predicted molar refractivity (Wildman–Crippen MR) is 134 cm³/mol. The van der Waals surface area contributed by atoms with Crippen molar-refractivity contribution in [3.05, 3.63) is 89.5 Å². The third-order valence-electron chi connectivity index (χ3n) is 5.30. The minimum absolute atomic E-state index is 0.0414. The summed E-state index contributed by atoms with van der Waals surface area (Å²) < 4.78 is 5.63. The second kappa shape index (κ2) is 10.8. The Balaban J connectivity index is 1.55. The zero-order valence-corrected chi connectivity index (χ0v) is 19.8. The normalized spacial score (nSPS) is 11.0. The van der Waals surface area contributed by atoms with Gasteiger partial charge in [0.25, 0.3) is 11.8 Å². The average molecular weight is 445 g/mol. The van der Waals surface area contributed by atoms with Gasteiger partial charge in [-0.3, -0.25) is 9.59 Å². The number of nitrogens with one attached hydrogen (secondary N) is 2. The van der Waals surface area contributed by atoms with Crippen LogP contribution in [-0.2, 0) is 5.41 Å². The molecule has 0 radical (unpaired) electrons. The van der Waals surface area contributed by atoms with Gasteiger partial charge in [0.2, 0.25) is 0 Å². The van der Waals surface area contributed by atoms with E-state index in [0.717, 1.165) is 18.6 Å². The molecule has 5 heteroatoms. The first kappa shape index (κ1) is 24.1. The first-order valence-corrected chi connectivity index (χ1v) is 11.3. The number of unbranched alkanes of at least 4 members (excludes halogenated alkanes) is 1. The highest BCUT2D eigenvalue weighted by molar-refractivity contribution is 6.05. The Morgan fingerprint density at radius 2 is 1.18 bits per heavy atom. The molecule has 3 aromatic rings. The van der Waals surface area contributed by atoms with Crippen molar-refractivity contribution >= 4 is 23.2 Å². The van der Waals surface area contributed by atoms with Crippen LogP contribution in [0.2, 0.25) is 0 Å². The third-order valence-corrected chi connectivity index (χ3v) is 5.30. The molecule has 2 amide bonds. The van der Waals surface area contributed by atoms with Gasteiger partial charge in [-0.1, -0.05) is 46.2 Å². The molecular formula is C28H32N2O3. The summed E-state index contributed by atoms with van der Waals surface area (Å²) in [7, 11) is 0. The summed E-state index contributed by atoms with van der Waals surface area (Å²) in [6.45, 7) is 9.21. The van der Waals surface area contributed by atoms with Crippen LogP contribution in [0, 0.1) is 0 Å². The summed E-state index contributed by atoms with van der Waals surface area (Å²) in [4.78, 5) is 25.1. The fourth-order valence-electron chi connectivity index (χ4n) is 3.20. The molecule has 0 saturated carbocycles. The van der Waals surface area contributed by atoms with E-state index < -0.39 is 0 Å². The quantitative estimate of drug-likeness (QED) is 0.381. The molecule has 0 aliphatic heterocycles. The van der Waals surface area contributed by atoms with Crippen molar-refractivity contribution < 1.29 is 14.3 Å². The summed E-state index contributed by atoms with van der Waals surface area (Å²) in [5.74, 6) is 0.382. The molecule has 0 atom stereocenters. The molecule has 2 N–H and O–H groups in total. The van der Waals surface area contributed by atoms with Crippen LogP contribution < -0.4 is 15.4 Å². The van der Waals surface area contributed by atoms with E-state index in [-0.39, 0.29) is 17.2 Å².